The summed E-state index contributed by atoms with van der Waals surface area (Å²) in [6.45, 7) is 1.08. The molecule has 102 valence electrons. The van der Waals surface area contributed by atoms with Gasteiger partial charge in [-0.2, -0.15) is 0 Å². The molecule has 2 aromatic rings. The van der Waals surface area contributed by atoms with E-state index in [0.717, 1.165) is 6.54 Å². The molecule has 3 heteroatoms. The lowest BCUT2D eigenvalue weighted by molar-refractivity contribution is 0.0796. The molecular weight excluding hydrogens is 234 g/mol. The topological polar surface area (TPSA) is 39.8 Å². The molecule has 3 rings (SSSR count). The minimum atomic E-state index is 0.370. The zero-order valence-electron chi connectivity index (χ0n) is 11.8. The van der Waals surface area contributed by atoms with Gasteiger partial charge in [0.05, 0.1) is 0 Å². The highest BCUT2D eigenvalue weighted by Gasteiger charge is 2.44. The van der Waals surface area contributed by atoms with E-state index < -0.39 is 0 Å². The Morgan fingerprint density at radius 2 is 2.05 bits per heavy atom. The fourth-order valence-electron chi connectivity index (χ4n) is 3.67. The van der Waals surface area contributed by atoms with Crippen molar-refractivity contribution in [2.24, 2.45) is 5.41 Å². The first-order valence-electron chi connectivity index (χ1n) is 7.18. The minimum absolute atomic E-state index is 0.370. The molecule has 1 atom stereocenters. The van der Waals surface area contributed by atoms with Crippen LogP contribution in [-0.4, -0.2) is 25.6 Å². The molecule has 0 amide bonds. The highest BCUT2D eigenvalue weighted by Crippen LogP contribution is 2.50. The van der Waals surface area contributed by atoms with Crippen LogP contribution in [0.4, 0.5) is 0 Å². The van der Waals surface area contributed by atoms with E-state index in [1.807, 2.05) is 0 Å². The Morgan fingerprint density at radius 3 is 2.68 bits per heavy atom. The molecule has 1 aromatic heterocycles. The maximum Gasteiger partial charge on any atom is 0.0457 e. The van der Waals surface area contributed by atoms with Crippen LogP contribution in [0.3, 0.4) is 0 Å². The van der Waals surface area contributed by atoms with E-state index >= 15 is 0 Å². The van der Waals surface area contributed by atoms with Crippen LogP contribution < -0.4 is 10.6 Å². The molecule has 1 heterocycles. The van der Waals surface area contributed by atoms with Crippen LogP contribution in [0.1, 0.15) is 30.9 Å². The lowest BCUT2D eigenvalue weighted by Crippen LogP contribution is -2.47. The van der Waals surface area contributed by atoms with E-state index in [0.29, 0.717) is 11.5 Å². The standard InChI is InChI=1S/C16H23N3/c1-17-11-16(8-5-9-16)15(18-2)13-10-19-14-7-4-3-6-12(13)14/h3-4,6-7,10,15,17-19H,5,8-9,11H2,1-2H3. The number of hydrogen-bond donors (Lipinski definition) is 3. The van der Waals surface area contributed by atoms with Crippen LogP contribution in [0, 0.1) is 5.41 Å². The van der Waals surface area contributed by atoms with Crippen molar-refractivity contribution >= 4 is 10.9 Å². The summed E-state index contributed by atoms with van der Waals surface area (Å²) in [7, 11) is 4.14. The van der Waals surface area contributed by atoms with Crippen LogP contribution in [-0.2, 0) is 0 Å². The van der Waals surface area contributed by atoms with Crippen LogP contribution in [0.15, 0.2) is 30.5 Å². The number of benzene rings is 1. The minimum Gasteiger partial charge on any atom is -0.361 e. The molecular formula is C16H23N3. The van der Waals surface area contributed by atoms with Crippen molar-refractivity contribution in [3.63, 3.8) is 0 Å². The van der Waals surface area contributed by atoms with Gasteiger partial charge in [-0.3, -0.25) is 0 Å². The number of fused-ring (bicyclic) bond motifs is 1. The molecule has 0 saturated heterocycles. The number of hydrogen-bond acceptors (Lipinski definition) is 2. The van der Waals surface area contributed by atoms with Gasteiger partial charge in [0.25, 0.3) is 0 Å². The van der Waals surface area contributed by atoms with Crippen LogP contribution >= 0.6 is 0 Å². The normalized spacial score (nSPS) is 19.3. The van der Waals surface area contributed by atoms with Gasteiger partial charge in [0, 0.05) is 35.1 Å². The maximum atomic E-state index is 3.56. The highest BCUT2D eigenvalue weighted by molar-refractivity contribution is 5.83. The molecule has 3 nitrogen and oxygen atoms in total. The molecule has 1 fully saturated rings. The summed E-state index contributed by atoms with van der Waals surface area (Å²) in [4.78, 5) is 3.40. The lowest BCUT2D eigenvalue weighted by Gasteiger charge is -2.48. The van der Waals surface area contributed by atoms with E-state index in [1.165, 1.54) is 35.7 Å². The molecule has 1 aromatic carbocycles. The zero-order chi connectivity index (χ0) is 13.3. The predicted molar refractivity (Wildman–Crippen MR) is 80.3 cm³/mol. The van der Waals surface area contributed by atoms with Crippen molar-refractivity contribution < 1.29 is 0 Å². The van der Waals surface area contributed by atoms with Crippen molar-refractivity contribution in [1.82, 2.24) is 15.6 Å². The fraction of sp³-hybridized carbons (Fsp3) is 0.500. The van der Waals surface area contributed by atoms with Crippen LogP contribution in [0.5, 0.6) is 0 Å². The van der Waals surface area contributed by atoms with Gasteiger partial charge in [0.2, 0.25) is 0 Å². The monoisotopic (exact) mass is 257 g/mol. The Hall–Kier alpha value is -1.32. The van der Waals surface area contributed by atoms with E-state index in [-0.39, 0.29) is 0 Å². The summed E-state index contributed by atoms with van der Waals surface area (Å²) in [6, 6.07) is 9.00. The average Bonchev–Trinajstić information content (AvgIpc) is 2.81. The Balaban J connectivity index is 2.02. The molecule has 19 heavy (non-hydrogen) atoms. The second-order valence-electron chi connectivity index (χ2n) is 5.76. The lowest BCUT2D eigenvalue weighted by atomic mass is 9.62. The number of aromatic nitrogens is 1. The Bertz CT molecular complexity index is 554. The third-order valence-corrected chi connectivity index (χ3v) is 4.71. The molecule has 0 bridgehead atoms. The fourth-order valence-corrected chi connectivity index (χ4v) is 3.67. The number of para-hydroxylation sites is 1. The maximum absolute atomic E-state index is 3.56. The predicted octanol–water partition coefficient (Wildman–Crippen LogP) is 2.82. The molecule has 0 radical (unpaired) electrons. The Kier molecular flexibility index (Phi) is 3.33. The van der Waals surface area contributed by atoms with Crippen molar-refractivity contribution in [3.8, 4) is 0 Å². The number of rotatable bonds is 5. The summed E-state index contributed by atoms with van der Waals surface area (Å²) in [6.07, 6.45) is 6.14. The summed E-state index contributed by atoms with van der Waals surface area (Å²) in [5, 5.41) is 8.30. The highest BCUT2D eigenvalue weighted by atomic mass is 15.0. The summed E-state index contributed by atoms with van der Waals surface area (Å²) in [5.41, 5.74) is 3.01. The van der Waals surface area contributed by atoms with Crippen molar-refractivity contribution in [3.05, 3.63) is 36.0 Å². The van der Waals surface area contributed by atoms with Crippen LogP contribution in [0.25, 0.3) is 10.9 Å². The molecule has 0 aliphatic heterocycles. The quantitative estimate of drug-likeness (QED) is 0.771. The van der Waals surface area contributed by atoms with E-state index in [4.69, 9.17) is 0 Å². The Morgan fingerprint density at radius 1 is 1.26 bits per heavy atom. The Labute approximate surface area is 114 Å². The second kappa shape index (κ2) is 4.99. The largest absolute Gasteiger partial charge is 0.361 e. The van der Waals surface area contributed by atoms with Crippen molar-refractivity contribution in [2.45, 2.75) is 25.3 Å². The SMILES string of the molecule is CNCC1(C(NC)c2c[nH]c3ccccc23)CCC1. The number of nitrogens with one attached hydrogen (secondary N) is 3. The number of H-pyrrole nitrogens is 1. The number of aromatic amines is 1. The van der Waals surface area contributed by atoms with Gasteiger partial charge in [-0.25, -0.2) is 0 Å². The molecule has 1 aliphatic rings. The second-order valence-corrected chi connectivity index (χ2v) is 5.76. The van der Waals surface area contributed by atoms with Gasteiger partial charge < -0.3 is 15.6 Å². The molecule has 0 spiro atoms. The van der Waals surface area contributed by atoms with E-state index in [1.54, 1.807) is 0 Å². The van der Waals surface area contributed by atoms with Crippen LogP contribution in [0.2, 0.25) is 0 Å². The van der Waals surface area contributed by atoms with Gasteiger partial charge >= 0.3 is 0 Å². The first kappa shape index (κ1) is 12.7. The average molecular weight is 257 g/mol. The van der Waals surface area contributed by atoms with E-state index in [9.17, 15) is 0 Å². The van der Waals surface area contributed by atoms with Gasteiger partial charge in [0.15, 0.2) is 0 Å². The van der Waals surface area contributed by atoms with Gasteiger partial charge in [-0.05, 0) is 38.6 Å². The van der Waals surface area contributed by atoms with Gasteiger partial charge in [0.1, 0.15) is 0 Å². The molecule has 1 saturated carbocycles. The third kappa shape index (κ3) is 1.97. The van der Waals surface area contributed by atoms with Gasteiger partial charge in [-0.15, -0.1) is 0 Å². The summed E-state index contributed by atoms with van der Waals surface area (Å²) >= 11 is 0. The first-order chi connectivity index (χ1) is 9.30. The van der Waals surface area contributed by atoms with Gasteiger partial charge in [-0.1, -0.05) is 24.6 Å². The third-order valence-electron chi connectivity index (χ3n) is 4.71. The van der Waals surface area contributed by atoms with E-state index in [2.05, 4.69) is 60.2 Å². The van der Waals surface area contributed by atoms with Crippen molar-refractivity contribution in [1.29, 1.82) is 0 Å². The summed E-state index contributed by atoms with van der Waals surface area (Å²) in [5.74, 6) is 0. The summed E-state index contributed by atoms with van der Waals surface area (Å²) < 4.78 is 0. The van der Waals surface area contributed by atoms with Crippen molar-refractivity contribution in [2.75, 3.05) is 20.6 Å². The zero-order valence-corrected chi connectivity index (χ0v) is 11.8. The first-order valence-corrected chi connectivity index (χ1v) is 7.18. The molecule has 3 N–H and O–H groups in total. The molecule has 1 aliphatic carbocycles. The smallest absolute Gasteiger partial charge is 0.0457 e. The molecule has 1 unspecified atom stereocenters.